The smallest absolute Gasteiger partial charge is 0.121 e. The van der Waals surface area contributed by atoms with E-state index in [1.165, 1.54) is 5.56 Å². The molecule has 0 N–H and O–H groups in total. The van der Waals surface area contributed by atoms with Crippen LogP contribution in [0.5, 0.6) is 0 Å². The quantitative estimate of drug-likeness (QED) is 0.560. The lowest BCUT2D eigenvalue weighted by molar-refractivity contribution is 0.181. The molecule has 2 atom stereocenters. The average molecular weight is 349 g/mol. The van der Waals surface area contributed by atoms with E-state index in [4.69, 9.17) is 0 Å². The van der Waals surface area contributed by atoms with Crippen molar-refractivity contribution < 1.29 is 4.57 Å². The van der Waals surface area contributed by atoms with Gasteiger partial charge in [0.25, 0.3) is 0 Å². The third-order valence-electron chi connectivity index (χ3n) is 5.02. The van der Waals surface area contributed by atoms with E-state index in [1.54, 1.807) is 0 Å². The Bertz CT molecular complexity index is 766. The van der Waals surface area contributed by atoms with Gasteiger partial charge in [0.15, 0.2) is 0 Å². The lowest BCUT2D eigenvalue weighted by atomic mass is 9.94. The molecule has 0 spiro atoms. The van der Waals surface area contributed by atoms with E-state index in [2.05, 4.69) is 67.4 Å². The molecule has 0 aliphatic heterocycles. The molecule has 128 valence electrons. The van der Waals surface area contributed by atoms with Crippen LogP contribution in [-0.4, -0.2) is 11.9 Å². The fourth-order valence-electron chi connectivity index (χ4n) is 3.44. The minimum atomic E-state index is -1.11. The third kappa shape index (κ3) is 3.33. The molecular weight excluding hydrogens is 325 g/mol. The lowest BCUT2D eigenvalue weighted by Gasteiger charge is -2.42. The van der Waals surface area contributed by atoms with Gasteiger partial charge in [-0.1, -0.05) is 91.0 Å². The molecule has 3 aromatic rings. The topological polar surface area (TPSA) is 20.3 Å². The summed E-state index contributed by atoms with van der Waals surface area (Å²) in [7, 11) is 0.959. The van der Waals surface area contributed by atoms with Crippen molar-refractivity contribution in [1.29, 1.82) is 0 Å². The molecule has 2 nitrogen and oxygen atoms in total. The van der Waals surface area contributed by atoms with Gasteiger partial charge >= 0.3 is 0 Å². The Hall–Kier alpha value is -2.15. The average Bonchev–Trinajstić information content (AvgIpc) is 2.70. The zero-order valence-corrected chi connectivity index (χ0v) is 15.8. The first kappa shape index (κ1) is 17.7. The molecule has 0 radical (unpaired) electrons. The summed E-state index contributed by atoms with van der Waals surface area (Å²) in [5.41, 5.74) is 3.35. The van der Waals surface area contributed by atoms with Gasteiger partial charge in [-0.3, -0.25) is 4.90 Å². The van der Waals surface area contributed by atoms with E-state index in [0.717, 1.165) is 11.1 Å². The van der Waals surface area contributed by atoms with E-state index in [1.807, 2.05) is 42.5 Å². The molecule has 0 saturated heterocycles. The maximum atomic E-state index is 12.8. The standard InChI is InChI=1S/C22H24NOP/c1-18(19-12-6-3-7-13-19)23(2)22(25-24,20-14-8-4-9-15-20)21-16-10-5-11-17-21/h3-18H,25H2,1-2H3/t18-/m1/s1. The second-order valence-corrected chi connectivity index (χ2v) is 7.39. The van der Waals surface area contributed by atoms with Crippen molar-refractivity contribution in [3.63, 3.8) is 0 Å². The maximum absolute atomic E-state index is 12.8. The number of hydrogen-bond acceptors (Lipinski definition) is 2. The van der Waals surface area contributed by atoms with E-state index in [0.29, 0.717) is 0 Å². The molecule has 0 saturated carbocycles. The van der Waals surface area contributed by atoms with E-state index >= 15 is 0 Å². The third-order valence-corrected chi connectivity index (χ3v) is 6.43. The van der Waals surface area contributed by atoms with Crippen LogP contribution in [0.2, 0.25) is 0 Å². The molecule has 25 heavy (non-hydrogen) atoms. The Morgan fingerprint density at radius 3 is 1.56 bits per heavy atom. The highest BCUT2D eigenvalue weighted by Gasteiger charge is 2.40. The molecule has 0 aliphatic carbocycles. The maximum Gasteiger partial charge on any atom is 0.121 e. The van der Waals surface area contributed by atoms with Crippen molar-refractivity contribution in [1.82, 2.24) is 4.90 Å². The Labute approximate surface area is 151 Å². The van der Waals surface area contributed by atoms with Crippen molar-refractivity contribution >= 4 is 8.46 Å². The van der Waals surface area contributed by atoms with Crippen LogP contribution in [0.25, 0.3) is 0 Å². The van der Waals surface area contributed by atoms with Gasteiger partial charge in [-0.05, 0) is 30.7 Å². The van der Waals surface area contributed by atoms with Gasteiger partial charge in [0.05, 0.1) is 8.46 Å². The summed E-state index contributed by atoms with van der Waals surface area (Å²) in [6.45, 7) is 2.17. The fourth-order valence-corrected chi connectivity index (χ4v) is 4.49. The highest BCUT2D eigenvalue weighted by atomic mass is 31.1. The minimum Gasteiger partial charge on any atom is -0.327 e. The van der Waals surface area contributed by atoms with Crippen molar-refractivity contribution in [2.45, 2.75) is 18.2 Å². The molecule has 0 fully saturated rings. The van der Waals surface area contributed by atoms with Gasteiger partial charge in [0.2, 0.25) is 0 Å². The van der Waals surface area contributed by atoms with Crippen LogP contribution in [0.1, 0.15) is 29.7 Å². The summed E-state index contributed by atoms with van der Waals surface area (Å²) < 4.78 is 12.8. The zero-order valence-electron chi connectivity index (χ0n) is 14.7. The van der Waals surface area contributed by atoms with E-state index < -0.39 is 13.7 Å². The van der Waals surface area contributed by atoms with Crippen molar-refractivity contribution in [3.8, 4) is 0 Å². The van der Waals surface area contributed by atoms with Crippen LogP contribution < -0.4 is 0 Å². The molecule has 0 heterocycles. The number of benzene rings is 3. The Balaban J connectivity index is 2.16. The van der Waals surface area contributed by atoms with Crippen LogP contribution in [0.4, 0.5) is 0 Å². The first-order valence-corrected chi connectivity index (χ1v) is 9.60. The highest BCUT2D eigenvalue weighted by Crippen LogP contribution is 2.47. The monoisotopic (exact) mass is 349 g/mol. The van der Waals surface area contributed by atoms with E-state index in [-0.39, 0.29) is 6.04 Å². The molecule has 3 rings (SSSR count). The molecule has 3 heteroatoms. The Morgan fingerprint density at radius 2 is 1.16 bits per heavy atom. The van der Waals surface area contributed by atoms with Crippen LogP contribution in [-0.2, 0) is 9.85 Å². The SMILES string of the molecule is C[C@H](c1ccccc1)N(C)C([PH2]=O)(c1ccccc1)c1ccccc1. The van der Waals surface area contributed by atoms with Gasteiger partial charge in [-0.25, -0.2) is 0 Å². The number of rotatable bonds is 6. The summed E-state index contributed by atoms with van der Waals surface area (Å²) in [4.78, 5) is 2.25. The first-order valence-electron chi connectivity index (χ1n) is 8.55. The minimum absolute atomic E-state index is 0.128. The van der Waals surface area contributed by atoms with Gasteiger partial charge in [0.1, 0.15) is 5.28 Å². The van der Waals surface area contributed by atoms with Crippen molar-refractivity contribution in [2.75, 3.05) is 7.05 Å². The molecular formula is C22H24NOP. The van der Waals surface area contributed by atoms with Gasteiger partial charge in [-0.2, -0.15) is 0 Å². The Kier molecular flexibility index (Phi) is 5.53. The van der Waals surface area contributed by atoms with E-state index in [9.17, 15) is 4.57 Å². The second-order valence-electron chi connectivity index (χ2n) is 6.31. The van der Waals surface area contributed by atoms with Gasteiger partial charge in [0, 0.05) is 6.04 Å². The summed E-state index contributed by atoms with van der Waals surface area (Å²) in [6.07, 6.45) is 0. The van der Waals surface area contributed by atoms with Crippen LogP contribution in [0.3, 0.4) is 0 Å². The molecule has 0 amide bonds. The summed E-state index contributed by atoms with van der Waals surface area (Å²) in [5.74, 6) is 0. The molecule has 1 unspecified atom stereocenters. The van der Waals surface area contributed by atoms with Crippen molar-refractivity contribution in [3.05, 3.63) is 108 Å². The second kappa shape index (κ2) is 7.82. The summed E-state index contributed by atoms with van der Waals surface area (Å²) >= 11 is 0. The first-order chi connectivity index (χ1) is 12.2. The largest absolute Gasteiger partial charge is 0.327 e. The predicted octanol–water partition coefficient (Wildman–Crippen LogP) is 5.34. The predicted molar refractivity (Wildman–Crippen MR) is 107 cm³/mol. The normalized spacial score (nSPS) is 13.4. The number of nitrogens with zero attached hydrogens (tertiary/aromatic N) is 1. The van der Waals surface area contributed by atoms with Gasteiger partial charge in [-0.15, -0.1) is 0 Å². The summed E-state index contributed by atoms with van der Waals surface area (Å²) in [5, 5.41) is -0.627. The van der Waals surface area contributed by atoms with Crippen LogP contribution >= 0.6 is 8.46 Å². The summed E-state index contributed by atoms with van der Waals surface area (Å²) in [6, 6.07) is 30.9. The number of hydrogen-bond donors (Lipinski definition) is 0. The van der Waals surface area contributed by atoms with Gasteiger partial charge < -0.3 is 4.57 Å². The molecule has 0 aliphatic rings. The Morgan fingerprint density at radius 1 is 0.760 bits per heavy atom. The highest BCUT2D eigenvalue weighted by molar-refractivity contribution is 7.25. The molecule has 3 aromatic carbocycles. The fraction of sp³-hybridized carbons (Fsp3) is 0.182. The van der Waals surface area contributed by atoms with Crippen LogP contribution in [0, 0.1) is 0 Å². The lowest BCUT2D eigenvalue weighted by Crippen LogP contribution is -2.41. The van der Waals surface area contributed by atoms with Crippen LogP contribution in [0.15, 0.2) is 91.0 Å². The molecule has 0 aromatic heterocycles. The zero-order chi connectivity index (χ0) is 17.7. The van der Waals surface area contributed by atoms with Crippen molar-refractivity contribution in [2.24, 2.45) is 0 Å². The molecule has 0 bridgehead atoms.